The predicted molar refractivity (Wildman–Crippen MR) is 70.8 cm³/mol. The van der Waals surface area contributed by atoms with E-state index in [2.05, 4.69) is 0 Å². The van der Waals surface area contributed by atoms with Gasteiger partial charge in [-0.3, -0.25) is 4.79 Å². The van der Waals surface area contributed by atoms with Crippen molar-refractivity contribution in [2.45, 2.75) is 51.7 Å². The number of carboxylic acids is 1. The van der Waals surface area contributed by atoms with Crippen LogP contribution in [0.2, 0.25) is 0 Å². The normalized spacial score (nSPS) is 24.1. The minimum atomic E-state index is -0.804. The van der Waals surface area contributed by atoms with Crippen molar-refractivity contribution in [1.82, 2.24) is 4.90 Å². The van der Waals surface area contributed by atoms with Gasteiger partial charge in [0.25, 0.3) is 0 Å². The molecule has 0 aromatic carbocycles. The molecule has 2 atom stereocenters. The third kappa shape index (κ3) is 5.46. The average Bonchev–Trinajstić information content (AvgIpc) is 2.24. The van der Waals surface area contributed by atoms with Gasteiger partial charge in [0.05, 0.1) is 0 Å². The number of rotatable bonds is 3. The predicted octanol–water partition coefficient (Wildman–Crippen LogP) is 1.44. The maximum Gasteiger partial charge on any atom is 0.410 e. The Kier molecular flexibility index (Phi) is 5.17. The third-order valence-corrected chi connectivity index (χ3v) is 3.19. The largest absolute Gasteiger partial charge is 0.481 e. The molecule has 1 amide bonds. The summed E-state index contributed by atoms with van der Waals surface area (Å²) in [6.07, 6.45) is 1.08. The molecule has 0 spiro atoms. The lowest BCUT2D eigenvalue weighted by molar-refractivity contribution is -0.137. The Balaban J connectivity index is 2.44. The molecular formula is C13H24N2O4. The van der Waals surface area contributed by atoms with Gasteiger partial charge >= 0.3 is 12.1 Å². The van der Waals surface area contributed by atoms with E-state index in [9.17, 15) is 9.59 Å². The van der Waals surface area contributed by atoms with Crippen molar-refractivity contribution >= 4 is 12.1 Å². The van der Waals surface area contributed by atoms with E-state index in [0.717, 1.165) is 6.42 Å². The van der Waals surface area contributed by atoms with E-state index in [0.29, 0.717) is 19.5 Å². The smallest absolute Gasteiger partial charge is 0.410 e. The molecule has 1 aliphatic rings. The van der Waals surface area contributed by atoms with E-state index >= 15 is 0 Å². The van der Waals surface area contributed by atoms with Crippen LogP contribution in [0.25, 0.3) is 0 Å². The van der Waals surface area contributed by atoms with Gasteiger partial charge in [-0.2, -0.15) is 0 Å². The van der Waals surface area contributed by atoms with Gasteiger partial charge in [0.15, 0.2) is 0 Å². The summed E-state index contributed by atoms with van der Waals surface area (Å²) in [4.78, 5) is 24.0. The summed E-state index contributed by atoms with van der Waals surface area (Å²) >= 11 is 0. The summed E-state index contributed by atoms with van der Waals surface area (Å²) in [5, 5.41) is 8.67. The van der Waals surface area contributed by atoms with Crippen LogP contribution < -0.4 is 5.73 Å². The van der Waals surface area contributed by atoms with Crippen LogP contribution in [0.5, 0.6) is 0 Å². The molecule has 1 saturated heterocycles. The number of carboxylic acid groups (broad SMARTS) is 1. The van der Waals surface area contributed by atoms with Crippen molar-refractivity contribution in [3.63, 3.8) is 0 Å². The van der Waals surface area contributed by atoms with Gasteiger partial charge in [0, 0.05) is 25.6 Å². The highest BCUT2D eigenvalue weighted by molar-refractivity contribution is 5.68. The first kappa shape index (κ1) is 15.8. The molecule has 1 heterocycles. The summed E-state index contributed by atoms with van der Waals surface area (Å²) < 4.78 is 5.30. The van der Waals surface area contributed by atoms with Gasteiger partial charge in [-0.25, -0.2) is 4.79 Å². The van der Waals surface area contributed by atoms with Crippen LogP contribution in [0.15, 0.2) is 0 Å². The molecular weight excluding hydrogens is 248 g/mol. The standard InChI is InChI=1S/C13H24N2O4/c1-13(2,3)19-12(18)15-7-6-9(10(14)8-15)4-5-11(16)17/h9-10H,4-8,14H2,1-3H3,(H,16,17)/t9-,10+/m0/s1. The summed E-state index contributed by atoms with van der Waals surface area (Å²) in [5.74, 6) is -0.642. The van der Waals surface area contributed by atoms with Gasteiger partial charge in [0.2, 0.25) is 0 Å². The first-order chi connectivity index (χ1) is 8.69. The van der Waals surface area contributed by atoms with Crippen LogP contribution in [0, 0.1) is 5.92 Å². The summed E-state index contributed by atoms with van der Waals surface area (Å²) in [7, 11) is 0. The quantitative estimate of drug-likeness (QED) is 0.810. The van der Waals surface area contributed by atoms with Crippen LogP contribution in [0.1, 0.15) is 40.0 Å². The minimum absolute atomic E-state index is 0.130. The molecule has 0 saturated carbocycles. The number of carbonyl (C=O) groups excluding carboxylic acids is 1. The zero-order chi connectivity index (χ0) is 14.6. The van der Waals surface area contributed by atoms with E-state index in [1.165, 1.54) is 0 Å². The second kappa shape index (κ2) is 6.23. The molecule has 6 nitrogen and oxygen atoms in total. The number of piperidine rings is 1. The topological polar surface area (TPSA) is 92.9 Å². The number of ether oxygens (including phenoxy) is 1. The van der Waals surface area contributed by atoms with Crippen LogP contribution in [0.3, 0.4) is 0 Å². The van der Waals surface area contributed by atoms with Gasteiger partial charge in [-0.05, 0) is 39.5 Å². The van der Waals surface area contributed by atoms with E-state index in [-0.39, 0.29) is 24.5 Å². The molecule has 110 valence electrons. The maximum absolute atomic E-state index is 11.9. The number of nitrogens with two attached hydrogens (primary N) is 1. The highest BCUT2D eigenvalue weighted by atomic mass is 16.6. The molecule has 0 bridgehead atoms. The summed E-state index contributed by atoms with van der Waals surface area (Å²) in [5.41, 5.74) is 5.50. The number of amides is 1. The average molecular weight is 272 g/mol. The molecule has 0 aliphatic carbocycles. The number of nitrogens with zero attached hydrogens (tertiary/aromatic N) is 1. The molecule has 1 rings (SSSR count). The molecule has 0 aromatic heterocycles. The Morgan fingerprint density at radius 2 is 2.05 bits per heavy atom. The molecule has 6 heteroatoms. The van der Waals surface area contributed by atoms with Crippen molar-refractivity contribution in [3.05, 3.63) is 0 Å². The van der Waals surface area contributed by atoms with Gasteiger partial charge in [0.1, 0.15) is 5.60 Å². The first-order valence-corrected chi connectivity index (χ1v) is 6.64. The van der Waals surface area contributed by atoms with E-state index < -0.39 is 11.6 Å². The Bertz CT molecular complexity index is 338. The monoisotopic (exact) mass is 272 g/mol. The fourth-order valence-corrected chi connectivity index (χ4v) is 2.19. The maximum atomic E-state index is 11.9. The summed E-state index contributed by atoms with van der Waals surface area (Å²) in [6, 6.07) is -0.180. The molecule has 19 heavy (non-hydrogen) atoms. The number of hydrogen-bond donors (Lipinski definition) is 2. The molecule has 3 N–H and O–H groups in total. The van der Waals surface area contributed by atoms with Gasteiger partial charge in [-0.15, -0.1) is 0 Å². The van der Waals surface area contributed by atoms with Crippen molar-refractivity contribution in [2.24, 2.45) is 11.7 Å². The lowest BCUT2D eigenvalue weighted by Gasteiger charge is -2.37. The molecule has 1 aliphatic heterocycles. The van der Waals surface area contributed by atoms with E-state index in [4.69, 9.17) is 15.6 Å². The Morgan fingerprint density at radius 1 is 1.42 bits per heavy atom. The number of carbonyl (C=O) groups is 2. The van der Waals surface area contributed by atoms with Gasteiger partial charge < -0.3 is 20.5 Å². The van der Waals surface area contributed by atoms with Crippen molar-refractivity contribution < 1.29 is 19.4 Å². The zero-order valence-corrected chi connectivity index (χ0v) is 11.9. The molecule has 0 radical (unpaired) electrons. The lowest BCUT2D eigenvalue weighted by Crippen LogP contribution is -2.51. The highest BCUT2D eigenvalue weighted by Gasteiger charge is 2.31. The van der Waals surface area contributed by atoms with E-state index in [1.54, 1.807) is 4.90 Å². The van der Waals surface area contributed by atoms with Crippen LogP contribution >= 0.6 is 0 Å². The summed E-state index contributed by atoms with van der Waals surface area (Å²) in [6.45, 7) is 6.48. The van der Waals surface area contributed by atoms with Crippen molar-refractivity contribution in [2.75, 3.05) is 13.1 Å². The number of hydrogen-bond acceptors (Lipinski definition) is 4. The molecule has 0 unspecified atom stereocenters. The fraction of sp³-hybridized carbons (Fsp3) is 0.846. The van der Waals surface area contributed by atoms with Crippen LogP contribution in [-0.4, -0.2) is 46.8 Å². The Labute approximate surface area is 113 Å². The lowest BCUT2D eigenvalue weighted by atomic mass is 9.88. The SMILES string of the molecule is CC(C)(C)OC(=O)N1CC[C@H](CCC(=O)O)[C@H](N)C1. The molecule has 1 fully saturated rings. The molecule has 0 aromatic rings. The third-order valence-electron chi connectivity index (χ3n) is 3.19. The fourth-order valence-electron chi connectivity index (χ4n) is 2.19. The van der Waals surface area contributed by atoms with Gasteiger partial charge in [-0.1, -0.05) is 0 Å². The zero-order valence-electron chi connectivity index (χ0n) is 11.9. The second-order valence-corrected chi connectivity index (χ2v) is 6.07. The van der Waals surface area contributed by atoms with Crippen LogP contribution in [0.4, 0.5) is 4.79 Å². The van der Waals surface area contributed by atoms with E-state index in [1.807, 2.05) is 20.8 Å². The van der Waals surface area contributed by atoms with Crippen LogP contribution in [-0.2, 0) is 9.53 Å². The number of likely N-dealkylation sites (tertiary alicyclic amines) is 1. The van der Waals surface area contributed by atoms with Crippen molar-refractivity contribution in [3.8, 4) is 0 Å². The first-order valence-electron chi connectivity index (χ1n) is 6.64. The number of aliphatic carboxylic acids is 1. The Morgan fingerprint density at radius 3 is 2.53 bits per heavy atom. The Hall–Kier alpha value is -1.30. The minimum Gasteiger partial charge on any atom is -0.481 e. The highest BCUT2D eigenvalue weighted by Crippen LogP contribution is 2.22. The van der Waals surface area contributed by atoms with Crippen molar-refractivity contribution in [1.29, 1.82) is 0 Å². The second-order valence-electron chi connectivity index (χ2n) is 6.07.